The quantitative estimate of drug-likeness (QED) is 0.542. The number of carbonyl (C=O) groups excluding carboxylic acids is 1. The Morgan fingerprint density at radius 2 is 1.82 bits per heavy atom. The van der Waals surface area contributed by atoms with Crippen LogP contribution in [0.1, 0.15) is 27.0 Å². The van der Waals surface area contributed by atoms with Gasteiger partial charge in [-0.15, -0.1) is 0 Å². The number of halogens is 1. The van der Waals surface area contributed by atoms with Crippen molar-refractivity contribution in [2.45, 2.75) is 6.61 Å². The van der Waals surface area contributed by atoms with Gasteiger partial charge >= 0.3 is 0 Å². The molecule has 0 spiro atoms. The Morgan fingerprint density at radius 1 is 1.00 bits per heavy atom. The molecule has 0 unspecified atom stereocenters. The molecule has 138 valence electrons. The minimum Gasteiger partial charge on any atom is -0.489 e. The van der Waals surface area contributed by atoms with Crippen LogP contribution in [0.4, 0.5) is 4.39 Å². The van der Waals surface area contributed by atoms with E-state index in [-0.39, 0.29) is 17.4 Å². The van der Waals surface area contributed by atoms with Crippen LogP contribution in [0.2, 0.25) is 0 Å². The lowest BCUT2D eigenvalue weighted by Gasteiger charge is -2.07. The highest BCUT2D eigenvalue weighted by molar-refractivity contribution is 6.14. The number of benzene rings is 3. The topological polar surface area (TPSA) is 35.5 Å². The third-order valence-electron chi connectivity index (χ3n) is 4.41. The maximum Gasteiger partial charge on any atom is 0.231 e. The summed E-state index contributed by atoms with van der Waals surface area (Å²) in [6.07, 6.45) is 3.32. The van der Waals surface area contributed by atoms with Crippen LogP contribution in [0.15, 0.2) is 79.1 Å². The summed E-state index contributed by atoms with van der Waals surface area (Å²) in [5.74, 6) is 0.608. The summed E-state index contributed by atoms with van der Waals surface area (Å²) >= 11 is 0. The maximum absolute atomic E-state index is 13.3. The molecule has 0 aliphatic carbocycles. The van der Waals surface area contributed by atoms with Crippen LogP contribution in [0.3, 0.4) is 0 Å². The monoisotopic (exact) mass is 372 g/mol. The summed E-state index contributed by atoms with van der Waals surface area (Å²) in [6, 6.07) is 19.0. The Hall–Kier alpha value is -3.66. The van der Waals surface area contributed by atoms with E-state index in [2.05, 4.69) is 6.58 Å². The summed E-state index contributed by atoms with van der Waals surface area (Å²) in [7, 11) is 0. The first kappa shape index (κ1) is 17.7. The molecule has 4 rings (SSSR count). The van der Waals surface area contributed by atoms with Gasteiger partial charge in [0.05, 0.1) is 5.56 Å². The van der Waals surface area contributed by atoms with E-state index in [0.717, 1.165) is 11.1 Å². The van der Waals surface area contributed by atoms with Crippen LogP contribution < -0.4 is 9.47 Å². The highest BCUT2D eigenvalue weighted by Gasteiger charge is 2.27. The highest BCUT2D eigenvalue weighted by atomic mass is 19.1. The van der Waals surface area contributed by atoms with Crippen LogP contribution in [-0.2, 0) is 6.61 Å². The van der Waals surface area contributed by atoms with E-state index in [1.54, 1.807) is 36.4 Å². The Bertz CT molecular complexity index is 1080. The minimum atomic E-state index is -0.367. The van der Waals surface area contributed by atoms with Crippen LogP contribution in [0.25, 0.3) is 12.2 Å². The summed E-state index contributed by atoms with van der Waals surface area (Å²) < 4.78 is 24.8. The zero-order valence-electron chi connectivity index (χ0n) is 15.0. The third kappa shape index (κ3) is 3.71. The van der Waals surface area contributed by atoms with Crippen molar-refractivity contribution in [3.8, 4) is 11.5 Å². The van der Waals surface area contributed by atoms with E-state index in [1.807, 2.05) is 24.3 Å². The average Bonchev–Trinajstić information content (AvgIpc) is 3.01. The number of fused-ring (bicyclic) bond motifs is 1. The van der Waals surface area contributed by atoms with Gasteiger partial charge in [0, 0.05) is 6.07 Å². The van der Waals surface area contributed by atoms with Gasteiger partial charge in [0.15, 0.2) is 5.76 Å². The van der Waals surface area contributed by atoms with Crippen LogP contribution in [0, 0.1) is 5.82 Å². The minimum absolute atomic E-state index is 0.165. The van der Waals surface area contributed by atoms with Crippen molar-refractivity contribution in [2.75, 3.05) is 0 Å². The van der Waals surface area contributed by atoms with Gasteiger partial charge in [-0.05, 0) is 47.0 Å². The van der Waals surface area contributed by atoms with Crippen LogP contribution in [0.5, 0.6) is 11.5 Å². The Labute approximate surface area is 162 Å². The van der Waals surface area contributed by atoms with Crippen molar-refractivity contribution in [1.29, 1.82) is 0 Å². The number of Topliss-reactive ketones (excluding diaryl/α,β-unsaturated/α-hetero) is 1. The molecule has 0 amide bonds. The lowest BCUT2D eigenvalue weighted by Crippen LogP contribution is -1.98. The van der Waals surface area contributed by atoms with Crippen molar-refractivity contribution in [3.63, 3.8) is 0 Å². The summed E-state index contributed by atoms with van der Waals surface area (Å²) in [4.78, 5) is 12.5. The first-order chi connectivity index (χ1) is 13.6. The Morgan fingerprint density at radius 3 is 2.57 bits per heavy atom. The fourth-order valence-electron chi connectivity index (χ4n) is 2.92. The number of rotatable bonds is 5. The molecule has 1 aliphatic rings. The summed E-state index contributed by atoms with van der Waals surface area (Å²) in [5.41, 5.74) is 3.10. The Kier molecular flexibility index (Phi) is 4.77. The number of allylic oxidation sites excluding steroid dienone is 1. The standard InChI is InChI=1S/C24H17FO3/c1-2-16-6-8-17(9-7-16)15-27-20-10-11-21-22(14-20)28-23(24(21)26)13-18-4-3-5-19(25)12-18/h2-14H,1,15H2/b23-13+. The van der Waals surface area contributed by atoms with E-state index in [9.17, 15) is 9.18 Å². The molecule has 0 atom stereocenters. The highest BCUT2D eigenvalue weighted by Crippen LogP contribution is 2.35. The molecular weight excluding hydrogens is 355 g/mol. The van der Waals surface area contributed by atoms with Gasteiger partial charge in [0.1, 0.15) is 23.9 Å². The molecular formula is C24H17FO3. The molecule has 0 saturated heterocycles. The molecule has 0 saturated carbocycles. The SMILES string of the molecule is C=Cc1ccc(COc2ccc3c(c2)O/C(=C/c2cccc(F)c2)C3=O)cc1. The largest absolute Gasteiger partial charge is 0.489 e. The van der Waals surface area contributed by atoms with Gasteiger partial charge in [-0.1, -0.05) is 49.1 Å². The molecule has 3 aromatic carbocycles. The van der Waals surface area contributed by atoms with Crippen molar-refractivity contribution < 1.29 is 18.7 Å². The van der Waals surface area contributed by atoms with Gasteiger partial charge in [0.25, 0.3) is 0 Å². The lowest BCUT2D eigenvalue weighted by molar-refractivity contribution is 0.101. The van der Waals surface area contributed by atoms with E-state index < -0.39 is 0 Å². The first-order valence-corrected chi connectivity index (χ1v) is 8.80. The van der Waals surface area contributed by atoms with Gasteiger partial charge in [-0.2, -0.15) is 0 Å². The molecule has 28 heavy (non-hydrogen) atoms. The van der Waals surface area contributed by atoms with Crippen molar-refractivity contribution in [1.82, 2.24) is 0 Å². The smallest absolute Gasteiger partial charge is 0.231 e. The fraction of sp³-hybridized carbons (Fsp3) is 0.0417. The van der Waals surface area contributed by atoms with Gasteiger partial charge in [-0.3, -0.25) is 4.79 Å². The number of ether oxygens (including phenoxy) is 2. The summed E-state index contributed by atoms with van der Waals surface area (Å²) in [6.45, 7) is 4.13. The third-order valence-corrected chi connectivity index (χ3v) is 4.41. The van der Waals surface area contributed by atoms with Crippen LogP contribution in [-0.4, -0.2) is 5.78 Å². The zero-order chi connectivity index (χ0) is 19.5. The molecule has 0 N–H and O–H groups in total. The molecule has 3 aromatic rings. The van der Waals surface area contributed by atoms with E-state index in [4.69, 9.17) is 9.47 Å². The van der Waals surface area contributed by atoms with Gasteiger partial charge < -0.3 is 9.47 Å². The molecule has 4 heteroatoms. The summed E-state index contributed by atoms with van der Waals surface area (Å²) in [5, 5.41) is 0. The number of carbonyl (C=O) groups is 1. The molecule has 1 heterocycles. The second kappa shape index (κ2) is 7.53. The van der Waals surface area contributed by atoms with Crippen LogP contribution >= 0.6 is 0 Å². The predicted molar refractivity (Wildman–Crippen MR) is 107 cm³/mol. The predicted octanol–water partition coefficient (Wildman–Crippen LogP) is 5.66. The second-order valence-corrected chi connectivity index (χ2v) is 6.39. The van der Waals surface area contributed by atoms with Crippen molar-refractivity contribution >= 4 is 17.9 Å². The van der Waals surface area contributed by atoms with Crippen molar-refractivity contribution in [3.05, 3.63) is 107 Å². The van der Waals surface area contributed by atoms with E-state index in [1.165, 1.54) is 18.2 Å². The van der Waals surface area contributed by atoms with Crippen molar-refractivity contribution in [2.24, 2.45) is 0 Å². The molecule has 0 fully saturated rings. The molecule has 0 bridgehead atoms. The second-order valence-electron chi connectivity index (χ2n) is 6.39. The molecule has 3 nitrogen and oxygen atoms in total. The first-order valence-electron chi connectivity index (χ1n) is 8.80. The molecule has 0 aromatic heterocycles. The van der Waals surface area contributed by atoms with Gasteiger partial charge in [-0.25, -0.2) is 4.39 Å². The Balaban J connectivity index is 1.49. The number of hydrogen-bond acceptors (Lipinski definition) is 3. The van der Waals surface area contributed by atoms with Gasteiger partial charge in [0.2, 0.25) is 5.78 Å². The molecule has 1 aliphatic heterocycles. The zero-order valence-corrected chi connectivity index (χ0v) is 15.0. The maximum atomic E-state index is 13.3. The van der Waals surface area contributed by atoms with E-state index in [0.29, 0.717) is 29.2 Å². The molecule has 0 radical (unpaired) electrons. The number of hydrogen-bond donors (Lipinski definition) is 0. The lowest BCUT2D eigenvalue weighted by atomic mass is 10.1. The fourth-order valence-corrected chi connectivity index (χ4v) is 2.92. The number of ketones is 1. The average molecular weight is 372 g/mol. The van der Waals surface area contributed by atoms with E-state index >= 15 is 0 Å². The normalized spacial score (nSPS) is 13.9.